The lowest BCUT2D eigenvalue weighted by Crippen LogP contribution is -2.36. The number of nitrogens with zero attached hydrogens (tertiary/aromatic N) is 1. The van der Waals surface area contributed by atoms with E-state index in [1.807, 2.05) is 66.7 Å². The topological polar surface area (TPSA) is 84.9 Å². The van der Waals surface area contributed by atoms with Gasteiger partial charge in [0.05, 0.1) is 12.0 Å². The number of anilines is 1. The van der Waals surface area contributed by atoms with E-state index >= 15 is 0 Å². The van der Waals surface area contributed by atoms with E-state index in [1.165, 1.54) is 7.11 Å². The van der Waals surface area contributed by atoms with Crippen molar-refractivity contribution in [2.45, 2.75) is 6.61 Å². The molecule has 1 aliphatic rings. The third-order valence-electron chi connectivity index (χ3n) is 5.96. The van der Waals surface area contributed by atoms with Crippen LogP contribution in [-0.4, -0.2) is 35.6 Å². The lowest BCUT2D eigenvalue weighted by atomic mass is 10.1. The van der Waals surface area contributed by atoms with Gasteiger partial charge in [0.25, 0.3) is 11.1 Å². The molecule has 4 aromatic rings. The molecule has 190 valence electrons. The fourth-order valence-electron chi connectivity index (χ4n) is 4.08. The Morgan fingerprint density at radius 2 is 1.68 bits per heavy atom. The Labute approximate surface area is 224 Å². The van der Waals surface area contributed by atoms with Crippen molar-refractivity contribution in [3.05, 3.63) is 107 Å². The van der Waals surface area contributed by atoms with E-state index < -0.39 is 17.1 Å². The second kappa shape index (κ2) is 11.2. The molecule has 1 fully saturated rings. The molecule has 1 N–H and O–H groups in total. The number of fused-ring (bicyclic) bond motifs is 1. The molecule has 1 heterocycles. The van der Waals surface area contributed by atoms with Crippen molar-refractivity contribution >= 4 is 51.4 Å². The van der Waals surface area contributed by atoms with Crippen LogP contribution in [0.1, 0.15) is 11.1 Å². The first-order valence-corrected chi connectivity index (χ1v) is 12.7. The molecule has 8 heteroatoms. The van der Waals surface area contributed by atoms with Gasteiger partial charge < -0.3 is 14.8 Å². The maximum atomic E-state index is 13.0. The average molecular weight is 525 g/mol. The van der Waals surface area contributed by atoms with Crippen LogP contribution < -0.4 is 14.8 Å². The SMILES string of the molecule is COc1cc(/C=C2/SC(=O)N(CC(=O)Nc3cccc4ccccc34)C2=O)ccc1OCc1ccccc1. The van der Waals surface area contributed by atoms with E-state index in [9.17, 15) is 14.4 Å². The minimum atomic E-state index is -0.517. The van der Waals surface area contributed by atoms with Crippen LogP contribution in [-0.2, 0) is 16.2 Å². The van der Waals surface area contributed by atoms with Crippen molar-refractivity contribution in [3.63, 3.8) is 0 Å². The van der Waals surface area contributed by atoms with E-state index in [1.54, 1.807) is 30.3 Å². The maximum Gasteiger partial charge on any atom is 0.294 e. The first-order valence-electron chi connectivity index (χ1n) is 11.9. The van der Waals surface area contributed by atoms with Crippen LogP contribution in [0.2, 0.25) is 0 Å². The second-order valence-electron chi connectivity index (χ2n) is 8.53. The second-order valence-corrected chi connectivity index (χ2v) is 9.52. The molecule has 0 atom stereocenters. The van der Waals surface area contributed by atoms with Crippen LogP contribution in [0.3, 0.4) is 0 Å². The van der Waals surface area contributed by atoms with Crippen LogP contribution in [0.25, 0.3) is 16.8 Å². The Kier molecular flexibility index (Phi) is 7.42. The molecule has 1 aliphatic heterocycles. The highest BCUT2D eigenvalue weighted by Crippen LogP contribution is 2.35. The Morgan fingerprint density at radius 3 is 2.50 bits per heavy atom. The summed E-state index contributed by atoms with van der Waals surface area (Å²) in [6.45, 7) is 0.0110. The van der Waals surface area contributed by atoms with Gasteiger partial charge in [0.15, 0.2) is 11.5 Å². The summed E-state index contributed by atoms with van der Waals surface area (Å²) in [5.74, 6) is 0.0954. The van der Waals surface area contributed by atoms with Gasteiger partial charge in [-0.15, -0.1) is 0 Å². The van der Waals surface area contributed by atoms with Gasteiger partial charge in [0.1, 0.15) is 13.2 Å². The quantitative estimate of drug-likeness (QED) is 0.280. The molecule has 0 saturated carbocycles. The summed E-state index contributed by atoms with van der Waals surface area (Å²) in [5, 5.41) is 4.18. The number of carbonyl (C=O) groups is 3. The molecule has 0 bridgehead atoms. The summed E-state index contributed by atoms with van der Waals surface area (Å²) in [6, 6.07) is 28.3. The highest BCUT2D eigenvalue weighted by atomic mass is 32.2. The Morgan fingerprint density at radius 1 is 0.921 bits per heavy atom. The van der Waals surface area contributed by atoms with Crippen LogP contribution in [0.5, 0.6) is 11.5 Å². The number of rotatable bonds is 8. The lowest BCUT2D eigenvalue weighted by Gasteiger charge is -2.13. The molecule has 0 aromatic heterocycles. The predicted octanol–water partition coefficient (Wildman–Crippen LogP) is 6.10. The van der Waals surface area contributed by atoms with Crippen LogP contribution in [0, 0.1) is 0 Å². The number of benzene rings is 4. The van der Waals surface area contributed by atoms with Crippen molar-refractivity contribution in [1.82, 2.24) is 4.90 Å². The fourth-order valence-corrected chi connectivity index (χ4v) is 4.92. The summed E-state index contributed by atoms with van der Waals surface area (Å²) in [4.78, 5) is 39.5. The number of ether oxygens (including phenoxy) is 2. The van der Waals surface area contributed by atoms with Gasteiger partial charge in [0.2, 0.25) is 5.91 Å². The summed E-state index contributed by atoms with van der Waals surface area (Å²) < 4.78 is 11.4. The molecular formula is C30H24N2O5S. The van der Waals surface area contributed by atoms with Crippen LogP contribution in [0.4, 0.5) is 10.5 Å². The van der Waals surface area contributed by atoms with Gasteiger partial charge in [0, 0.05) is 11.1 Å². The average Bonchev–Trinajstić information content (AvgIpc) is 3.20. The van der Waals surface area contributed by atoms with Gasteiger partial charge in [-0.1, -0.05) is 72.8 Å². The monoisotopic (exact) mass is 524 g/mol. The number of methoxy groups -OCH3 is 1. The van der Waals surface area contributed by atoms with Crippen LogP contribution >= 0.6 is 11.8 Å². The Balaban J connectivity index is 1.26. The van der Waals surface area contributed by atoms with Gasteiger partial charge >= 0.3 is 0 Å². The fraction of sp³-hybridized carbons (Fsp3) is 0.100. The summed E-state index contributed by atoms with van der Waals surface area (Å²) in [5.41, 5.74) is 2.31. The normalized spacial score (nSPS) is 14.2. The third-order valence-corrected chi connectivity index (χ3v) is 6.87. The molecule has 0 aliphatic carbocycles. The maximum absolute atomic E-state index is 13.0. The Hall–Kier alpha value is -4.56. The summed E-state index contributed by atoms with van der Waals surface area (Å²) in [7, 11) is 1.54. The largest absolute Gasteiger partial charge is 0.493 e. The lowest BCUT2D eigenvalue weighted by molar-refractivity contribution is -0.127. The molecule has 0 spiro atoms. The molecular weight excluding hydrogens is 500 g/mol. The number of amides is 3. The molecule has 1 saturated heterocycles. The highest BCUT2D eigenvalue weighted by Gasteiger charge is 2.36. The molecule has 7 nitrogen and oxygen atoms in total. The first kappa shape index (κ1) is 25.1. The summed E-state index contributed by atoms with van der Waals surface area (Å²) in [6.07, 6.45) is 1.61. The zero-order valence-corrected chi connectivity index (χ0v) is 21.4. The third kappa shape index (κ3) is 5.55. The van der Waals surface area contributed by atoms with Crippen molar-refractivity contribution in [2.75, 3.05) is 19.0 Å². The van der Waals surface area contributed by atoms with Crippen molar-refractivity contribution < 1.29 is 23.9 Å². The van der Waals surface area contributed by atoms with Crippen molar-refractivity contribution in [2.24, 2.45) is 0 Å². The number of imide groups is 1. The van der Waals surface area contributed by atoms with Gasteiger partial charge in [-0.2, -0.15) is 0 Å². The molecule has 5 rings (SSSR count). The molecule has 0 unspecified atom stereocenters. The standard InChI is InChI=1S/C30H24N2O5S/c1-36-26-16-21(14-15-25(26)37-19-20-8-3-2-4-9-20)17-27-29(34)32(30(35)38-27)18-28(33)31-24-13-7-11-22-10-5-6-12-23(22)24/h2-17H,18-19H2,1H3,(H,31,33)/b27-17+. The van der Waals surface area contributed by atoms with Gasteiger partial charge in [-0.25, -0.2) is 0 Å². The van der Waals surface area contributed by atoms with E-state index in [2.05, 4.69) is 5.32 Å². The molecule has 4 aromatic carbocycles. The molecule has 0 radical (unpaired) electrons. The number of thioether (sulfide) groups is 1. The number of hydrogen-bond acceptors (Lipinski definition) is 6. The first-order chi connectivity index (χ1) is 18.5. The minimum Gasteiger partial charge on any atom is -0.493 e. The van der Waals surface area contributed by atoms with Gasteiger partial charge in [-0.3, -0.25) is 19.3 Å². The molecule has 38 heavy (non-hydrogen) atoms. The number of hydrogen-bond donors (Lipinski definition) is 1. The van der Waals surface area contributed by atoms with E-state index in [0.29, 0.717) is 29.4 Å². The zero-order valence-electron chi connectivity index (χ0n) is 20.5. The number of carbonyl (C=O) groups excluding carboxylic acids is 3. The highest BCUT2D eigenvalue weighted by molar-refractivity contribution is 8.18. The summed E-state index contributed by atoms with van der Waals surface area (Å²) >= 11 is 0.799. The Bertz CT molecular complexity index is 1550. The van der Waals surface area contributed by atoms with E-state index in [0.717, 1.165) is 33.0 Å². The van der Waals surface area contributed by atoms with Crippen LogP contribution in [0.15, 0.2) is 95.9 Å². The number of nitrogens with one attached hydrogen (secondary N) is 1. The van der Waals surface area contributed by atoms with Crippen molar-refractivity contribution in [3.8, 4) is 11.5 Å². The van der Waals surface area contributed by atoms with E-state index in [-0.39, 0.29) is 11.4 Å². The zero-order chi connectivity index (χ0) is 26.5. The predicted molar refractivity (Wildman–Crippen MR) is 149 cm³/mol. The van der Waals surface area contributed by atoms with E-state index in [4.69, 9.17) is 9.47 Å². The van der Waals surface area contributed by atoms with Gasteiger partial charge in [-0.05, 0) is 52.6 Å². The minimum absolute atomic E-state index is 0.230. The smallest absolute Gasteiger partial charge is 0.294 e. The van der Waals surface area contributed by atoms with Crippen molar-refractivity contribution in [1.29, 1.82) is 0 Å². The molecule has 3 amide bonds.